The molecule has 0 aliphatic heterocycles. The molecule has 0 saturated heterocycles. The summed E-state index contributed by atoms with van der Waals surface area (Å²) in [6.45, 7) is 3.53. The topological polar surface area (TPSA) is 47.9 Å². The monoisotopic (exact) mass is 497 g/mol. The Morgan fingerprint density at radius 1 is 1.32 bits per heavy atom. The molecule has 1 aromatic carbocycles. The Balaban J connectivity index is 0.00000312. The van der Waals surface area contributed by atoms with E-state index in [-0.39, 0.29) is 36.3 Å². The Morgan fingerprint density at radius 2 is 2.00 bits per heavy atom. The fourth-order valence-electron chi connectivity index (χ4n) is 2.18. The van der Waals surface area contributed by atoms with Crippen LogP contribution in [0.1, 0.15) is 23.5 Å². The molecule has 0 spiro atoms. The largest absolute Gasteiger partial charge is 0.386 e. The van der Waals surface area contributed by atoms with Crippen LogP contribution in [0.25, 0.3) is 0 Å². The van der Waals surface area contributed by atoms with Gasteiger partial charge in [-0.3, -0.25) is 4.99 Å². The van der Waals surface area contributed by atoms with Crippen molar-refractivity contribution in [3.05, 3.63) is 57.0 Å². The number of guanidine groups is 1. The minimum Gasteiger partial charge on any atom is -0.386 e. The normalized spacial score (nSPS) is 12.4. The third-order valence-corrected chi connectivity index (χ3v) is 4.70. The smallest absolute Gasteiger partial charge is 0.194 e. The van der Waals surface area contributed by atoms with Crippen LogP contribution in [-0.2, 0) is 6.54 Å². The lowest BCUT2D eigenvalue weighted by Crippen LogP contribution is -2.38. The van der Waals surface area contributed by atoms with Crippen LogP contribution in [0.2, 0.25) is 4.34 Å². The first-order chi connectivity index (χ1) is 11.5. The Kier molecular flexibility index (Phi) is 9.70. The molecule has 1 unspecified atom stereocenters. The third-order valence-electron chi connectivity index (χ3n) is 3.37. The second kappa shape index (κ2) is 10.9. The number of aliphatic hydroxyl groups is 1. The van der Waals surface area contributed by atoms with Crippen LogP contribution in [0.4, 0.5) is 4.39 Å². The van der Waals surface area contributed by atoms with Gasteiger partial charge in [0.2, 0.25) is 0 Å². The SMILES string of the molecule is CCNC(=NCC(O)c1ccc(Cl)s1)N(C)Cc1ccc(F)cc1.I. The molecular formula is C17H22ClFIN3OS. The molecule has 1 aromatic heterocycles. The number of nitrogens with zero attached hydrogens (tertiary/aromatic N) is 2. The Morgan fingerprint density at radius 3 is 2.56 bits per heavy atom. The standard InChI is InChI=1S/C17H21ClFN3OS.HI/c1-3-20-17(21-10-14(23)15-8-9-16(18)24-15)22(2)11-12-4-6-13(19)7-5-12;/h4-9,14,23H,3,10-11H2,1-2H3,(H,20,21);1H. The highest BCUT2D eigenvalue weighted by atomic mass is 127. The third kappa shape index (κ3) is 7.08. The lowest BCUT2D eigenvalue weighted by Gasteiger charge is -2.22. The van der Waals surface area contributed by atoms with Crippen molar-refractivity contribution in [2.24, 2.45) is 4.99 Å². The molecule has 0 aliphatic rings. The maximum absolute atomic E-state index is 13.0. The number of halogens is 3. The van der Waals surface area contributed by atoms with Gasteiger partial charge in [0.25, 0.3) is 0 Å². The van der Waals surface area contributed by atoms with Crippen molar-refractivity contribution < 1.29 is 9.50 Å². The maximum atomic E-state index is 13.0. The number of thiophene rings is 1. The molecule has 138 valence electrons. The van der Waals surface area contributed by atoms with Crippen molar-refractivity contribution >= 4 is 52.9 Å². The van der Waals surface area contributed by atoms with Gasteiger partial charge in [0.15, 0.2) is 5.96 Å². The van der Waals surface area contributed by atoms with Crippen molar-refractivity contribution in [1.29, 1.82) is 0 Å². The summed E-state index contributed by atoms with van der Waals surface area (Å²) in [7, 11) is 1.90. The van der Waals surface area contributed by atoms with Gasteiger partial charge in [-0.05, 0) is 36.8 Å². The fourth-order valence-corrected chi connectivity index (χ4v) is 3.22. The predicted molar refractivity (Wildman–Crippen MR) is 114 cm³/mol. The number of hydrogen-bond donors (Lipinski definition) is 2. The molecule has 1 heterocycles. The summed E-state index contributed by atoms with van der Waals surface area (Å²) >= 11 is 7.24. The number of nitrogens with one attached hydrogen (secondary N) is 1. The van der Waals surface area contributed by atoms with Gasteiger partial charge < -0.3 is 15.3 Å². The van der Waals surface area contributed by atoms with E-state index in [4.69, 9.17) is 11.6 Å². The van der Waals surface area contributed by atoms with Crippen LogP contribution >= 0.6 is 46.9 Å². The predicted octanol–water partition coefficient (Wildman–Crippen LogP) is 4.29. The Labute approximate surface area is 173 Å². The first kappa shape index (κ1) is 22.1. The van der Waals surface area contributed by atoms with Crippen molar-refractivity contribution in [2.45, 2.75) is 19.6 Å². The van der Waals surface area contributed by atoms with Gasteiger partial charge in [-0.2, -0.15) is 0 Å². The van der Waals surface area contributed by atoms with E-state index in [1.54, 1.807) is 18.2 Å². The molecule has 25 heavy (non-hydrogen) atoms. The maximum Gasteiger partial charge on any atom is 0.194 e. The first-order valence-electron chi connectivity index (χ1n) is 7.66. The molecule has 0 fully saturated rings. The molecule has 0 amide bonds. The van der Waals surface area contributed by atoms with Gasteiger partial charge in [0, 0.05) is 25.0 Å². The van der Waals surface area contributed by atoms with Crippen molar-refractivity contribution in [2.75, 3.05) is 20.1 Å². The van der Waals surface area contributed by atoms with Crippen LogP contribution in [0.3, 0.4) is 0 Å². The molecule has 0 radical (unpaired) electrons. The van der Waals surface area contributed by atoms with E-state index in [1.807, 2.05) is 24.9 Å². The molecule has 2 rings (SSSR count). The van der Waals surface area contributed by atoms with E-state index in [0.717, 1.165) is 10.4 Å². The lowest BCUT2D eigenvalue weighted by molar-refractivity contribution is 0.190. The van der Waals surface area contributed by atoms with Crippen LogP contribution in [0.15, 0.2) is 41.4 Å². The van der Waals surface area contributed by atoms with Crippen molar-refractivity contribution in [3.8, 4) is 0 Å². The van der Waals surface area contributed by atoms with Gasteiger partial charge in [-0.1, -0.05) is 23.7 Å². The number of rotatable bonds is 6. The fraction of sp³-hybridized carbons (Fsp3) is 0.353. The summed E-state index contributed by atoms with van der Waals surface area (Å²) in [5.74, 6) is 0.434. The van der Waals surface area contributed by atoms with Crippen LogP contribution in [-0.4, -0.2) is 36.1 Å². The summed E-state index contributed by atoms with van der Waals surface area (Å²) in [5, 5.41) is 13.4. The highest BCUT2D eigenvalue weighted by molar-refractivity contribution is 14.0. The van der Waals surface area contributed by atoms with Gasteiger partial charge >= 0.3 is 0 Å². The van der Waals surface area contributed by atoms with Crippen LogP contribution in [0.5, 0.6) is 0 Å². The van der Waals surface area contributed by atoms with E-state index < -0.39 is 6.10 Å². The Hall–Kier alpha value is -0.900. The molecular weight excluding hydrogens is 476 g/mol. The summed E-state index contributed by atoms with van der Waals surface area (Å²) in [4.78, 5) is 7.21. The number of benzene rings is 1. The van der Waals surface area contributed by atoms with Gasteiger partial charge in [0.05, 0.1) is 10.9 Å². The van der Waals surface area contributed by atoms with Gasteiger partial charge in [0.1, 0.15) is 11.9 Å². The van der Waals surface area contributed by atoms with Crippen molar-refractivity contribution in [3.63, 3.8) is 0 Å². The zero-order valence-corrected chi connectivity index (χ0v) is 18.0. The lowest BCUT2D eigenvalue weighted by atomic mass is 10.2. The highest BCUT2D eigenvalue weighted by Gasteiger charge is 2.12. The zero-order chi connectivity index (χ0) is 17.5. The number of aliphatic imine (C=N–C) groups is 1. The molecule has 2 aromatic rings. The van der Waals surface area contributed by atoms with E-state index in [2.05, 4.69) is 10.3 Å². The average molecular weight is 498 g/mol. The molecule has 0 bridgehead atoms. The summed E-state index contributed by atoms with van der Waals surface area (Å²) in [6, 6.07) is 9.95. The quantitative estimate of drug-likeness (QED) is 0.356. The molecule has 8 heteroatoms. The average Bonchev–Trinajstić information content (AvgIpc) is 3.00. The highest BCUT2D eigenvalue weighted by Crippen LogP contribution is 2.26. The van der Waals surface area contributed by atoms with Gasteiger partial charge in [-0.25, -0.2) is 4.39 Å². The van der Waals surface area contributed by atoms with E-state index >= 15 is 0 Å². The minimum atomic E-state index is -0.685. The number of hydrogen-bond acceptors (Lipinski definition) is 3. The molecule has 4 nitrogen and oxygen atoms in total. The molecule has 0 saturated carbocycles. The van der Waals surface area contributed by atoms with Crippen molar-refractivity contribution in [1.82, 2.24) is 10.2 Å². The van der Waals surface area contributed by atoms with E-state index in [9.17, 15) is 9.50 Å². The Bertz CT molecular complexity index is 681. The molecule has 1 atom stereocenters. The zero-order valence-electron chi connectivity index (χ0n) is 14.1. The second-order valence-corrected chi connectivity index (χ2v) is 7.08. The summed E-state index contributed by atoms with van der Waals surface area (Å²) in [6.07, 6.45) is -0.685. The first-order valence-corrected chi connectivity index (χ1v) is 8.86. The van der Waals surface area contributed by atoms with E-state index in [1.165, 1.54) is 23.5 Å². The van der Waals surface area contributed by atoms with Crippen LogP contribution in [0, 0.1) is 5.82 Å². The summed E-state index contributed by atoms with van der Waals surface area (Å²) in [5.41, 5.74) is 0.982. The van der Waals surface area contributed by atoms with Gasteiger partial charge in [-0.15, -0.1) is 35.3 Å². The number of aliphatic hydroxyl groups excluding tert-OH is 1. The van der Waals surface area contributed by atoms with Crippen LogP contribution < -0.4 is 5.32 Å². The minimum absolute atomic E-state index is 0. The molecule has 0 aliphatic carbocycles. The van der Waals surface area contributed by atoms with E-state index in [0.29, 0.717) is 23.4 Å². The second-order valence-electron chi connectivity index (χ2n) is 5.33. The molecule has 2 N–H and O–H groups in total. The summed E-state index contributed by atoms with van der Waals surface area (Å²) < 4.78 is 13.6.